The number of benzene rings is 4. The number of hydrogen-bond acceptors (Lipinski definition) is 3. The summed E-state index contributed by atoms with van der Waals surface area (Å²) in [6.45, 7) is -0.481. The summed E-state index contributed by atoms with van der Waals surface area (Å²) in [4.78, 5) is 25.0. The van der Waals surface area contributed by atoms with Gasteiger partial charge in [0.2, 0.25) is 0 Å². The molecule has 4 nitrogen and oxygen atoms in total. The van der Waals surface area contributed by atoms with E-state index < -0.39 is 24.3 Å². The maximum Gasteiger partial charge on any atom is 0.339 e. The Morgan fingerprint density at radius 3 is 2.14 bits per heavy atom. The second-order valence-electron chi connectivity index (χ2n) is 6.45. The van der Waals surface area contributed by atoms with E-state index in [2.05, 4.69) is 5.32 Å². The molecule has 0 saturated carbocycles. The largest absolute Gasteiger partial charge is 0.452 e. The van der Waals surface area contributed by atoms with Crippen molar-refractivity contribution in [2.75, 3.05) is 11.9 Å². The molecular weight excluding hydrogens is 393 g/mol. The normalized spacial score (nSPS) is 10.8. The van der Waals surface area contributed by atoms with Crippen LogP contribution in [0.2, 0.25) is 5.02 Å². The fourth-order valence-electron chi connectivity index (χ4n) is 3.21. The fraction of sp³-hybridized carbons (Fsp3) is 0.0435. The second kappa shape index (κ2) is 7.89. The number of esters is 1. The van der Waals surface area contributed by atoms with Crippen LogP contribution in [0.5, 0.6) is 0 Å². The second-order valence-corrected chi connectivity index (χ2v) is 6.85. The number of amides is 1. The van der Waals surface area contributed by atoms with Crippen LogP contribution in [0, 0.1) is 5.82 Å². The van der Waals surface area contributed by atoms with E-state index in [0.29, 0.717) is 11.3 Å². The molecule has 4 aromatic carbocycles. The SMILES string of the molecule is O=C(COC(=O)c1c2ccccc2cc2ccccc12)Nc1ccc(F)c(Cl)c1. The third-order valence-corrected chi connectivity index (χ3v) is 4.80. The van der Waals surface area contributed by atoms with Crippen LogP contribution in [0.25, 0.3) is 21.5 Å². The first kappa shape index (κ1) is 18.9. The van der Waals surface area contributed by atoms with Gasteiger partial charge in [-0.3, -0.25) is 4.79 Å². The van der Waals surface area contributed by atoms with Gasteiger partial charge in [-0.1, -0.05) is 60.1 Å². The maximum atomic E-state index is 13.2. The van der Waals surface area contributed by atoms with Crippen LogP contribution in [0.4, 0.5) is 10.1 Å². The molecule has 1 amide bonds. The summed E-state index contributed by atoms with van der Waals surface area (Å²) in [5, 5.41) is 5.73. The van der Waals surface area contributed by atoms with E-state index in [1.807, 2.05) is 54.6 Å². The zero-order valence-corrected chi connectivity index (χ0v) is 15.9. The minimum atomic E-state index is -0.592. The van der Waals surface area contributed by atoms with Gasteiger partial charge in [-0.05, 0) is 45.8 Å². The number of nitrogens with one attached hydrogen (secondary N) is 1. The van der Waals surface area contributed by atoms with E-state index in [-0.39, 0.29) is 5.02 Å². The molecule has 0 aliphatic carbocycles. The zero-order valence-electron chi connectivity index (χ0n) is 15.1. The lowest BCUT2D eigenvalue weighted by molar-refractivity contribution is -0.119. The molecule has 4 aromatic rings. The molecule has 29 heavy (non-hydrogen) atoms. The molecule has 0 aliphatic heterocycles. The predicted molar refractivity (Wildman–Crippen MR) is 112 cm³/mol. The molecule has 0 fully saturated rings. The highest BCUT2D eigenvalue weighted by molar-refractivity contribution is 6.31. The van der Waals surface area contributed by atoms with Crippen molar-refractivity contribution in [3.8, 4) is 0 Å². The van der Waals surface area contributed by atoms with Crippen LogP contribution in [0.3, 0.4) is 0 Å². The summed E-state index contributed by atoms with van der Waals surface area (Å²) in [6.07, 6.45) is 0. The third-order valence-electron chi connectivity index (χ3n) is 4.51. The van der Waals surface area contributed by atoms with E-state index >= 15 is 0 Å². The molecule has 0 saturated heterocycles. The molecule has 1 N–H and O–H groups in total. The first-order valence-electron chi connectivity index (χ1n) is 8.85. The van der Waals surface area contributed by atoms with E-state index in [4.69, 9.17) is 16.3 Å². The van der Waals surface area contributed by atoms with Crippen molar-refractivity contribution in [1.29, 1.82) is 0 Å². The molecule has 0 aromatic heterocycles. The van der Waals surface area contributed by atoms with Crippen molar-refractivity contribution in [3.05, 3.63) is 89.2 Å². The number of fused-ring (bicyclic) bond motifs is 2. The van der Waals surface area contributed by atoms with Crippen LogP contribution in [-0.2, 0) is 9.53 Å². The highest BCUT2D eigenvalue weighted by atomic mass is 35.5. The van der Waals surface area contributed by atoms with Gasteiger partial charge in [-0.2, -0.15) is 0 Å². The molecule has 0 heterocycles. The Hall–Kier alpha value is -3.44. The summed E-state index contributed by atoms with van der Waals surface area (Å²) in [7, 11) is 0. The van der Waals surface area contributed by atoms with Crippen molar-refractivity contribution in [2.24, 2.45) is 0 Å². The van der Waals surface area contributed by atoms with Gasteiger partial charge in [0.25, 0.3) is 5.91 Å². The Balaban J connectivity index is 1.57. The van der Waals surface area contributed by atoms with Gasteiger partial charge in [0.15, 0.2) is 6.61 Å². The molecule has 0 bridgehead atoms. The Kier molecular flexibility index (Phi) is 5.14. The number of anilines is 1. The molecule has 0 spiro atoms. The summed E-state index contributed by atoms with van der Waals surface area (Å²) in [5.41, 5.74) is 0.726. The van der Waals surface area contributed by atoms with Crippen molar-refractivity contribution in [1.82, 2.24) is 0 Å². The molecule has 0 aliphatic rings. The number of rotatable bonds is 4. The Bertz CT molecular complexity index is 1200. The van der Waals surface area contributed by atoms with Crippen LogP contribution < -0.4 is 5.32 Å². The monoisotopic (exact) mass is 407 g/mol. The Morgan fingerprint density at radius 1 is 0.897 bits per heavy atom. The first-order chi connectivity index (χ1) is 14.0. The number of ether oxygens (including phenoxy) is 1. The Labute approximate surface area is 170 Å². The van der Waals surface area contributed by atoms with Crippen LogP contribution in [-0.4, -0.2) is 18.5 Å². The highest BCUT2D eigenvalue weighted by Gasteiger charge is 2.17. The minimum Gasteiger partial charge on any atom is -0.452 e. The average molecular weight is 408 g/mol. The number of carbonyl (C=O) groups is 2. The van der Waals surface area contributed by atoms with E-state index in [1.165, 1.54) is 12.1 Å². The van der Waals surface area contributed by atoms with Gasteiger partial charge >= 0.3 is 5.97 Å². The van der Waals surface area contributed by atoms with Crippen molar-refractivity contribution in [2.45, 2.75) is 0 Å². The Morgan fingerprint density at radius 2 is 1.52 bits per heavy atom. The summed E-state index contributed by atoms with van der Waals surface area (Å²) < 4.78 is 18.5. The molecule has 0 radical (unpaired) electrons. The van der Waals surface area contributed by atoms with Gasteiger partial charge < -0.3 is 10.1 Å². The molecule has 6 heteroatoms. The van der Waals surface area contributed by atoms with Gasteiger partial charge in [0.1, 0.15) is 5.82 Å². The number of carbonyl (C=O) groups excluding carboxylic acids is 2. The standard InChI is InChI=1S/C23H15ClFNO3/c24-19-12-16(9-10-20(19)25)26-21(27)13-29-23(28)22-17-7-3-1-5-14(17)11-15-6-2-4-8-18(15)22/h1-12H,13H2,(H,26,27). The van der Waals surface area contributed by atoms with Crippen molar-refractivity contribution >= 4 is 50.7 Å². The molecule has 0 atom stereocenters. The van der Waals surface area contributed by atoms with Gasteiger partial charge in [-0.25, -0.2) is 9.18 Å². The fourth-order valence-corrected chi connectivity index (χ4v) is 3.39. The molecule has 0 unspecified atom stereocenters. The molecular formula is C23H15ClFNO3. The topological polar surface area (TPSA) is 55.4 Å². The lowest BCUT2D eigenvalue weighted by Crippen LogP contribution is -2.21. The van der Waals surface area contributed by atoms with Crippen LogP contribution >= 0.6 is 11.6 Å². The van der Waals surface area contributed by atoms with Crippen LogP contribution in [0.15, 0.2) is 72.8 Å². The zero-order chi connectivity index (χ0) is 20.4. The predicted octanol–water partition coefficient (Wildman–Crippen LogP) is 5.58. The van der Waals surface area contributed by atoms with Gasteiger partial charge in [0.05, 0.1) is 10.6 Å². The summed E-state index contributed by atoms with van der Waals surface area (Å²) >= 11 is 5.70. The van der Waals surface area contributed by atoms with Crippen LogP contribution in [0.1, 0.15) is 10.4 Å². The van der Waals surface area contributed by atoms with Crippen molar-refractivity contribution in [3.63, 3.8) is 0 Å². The van der Waals surface area contributed by atoms with E-state index in [0.717, 1.165) is 27.6 Å². The average Bonchev–Trinajstić information content (AvgIpc) is 2.73. The lowest BCUT2D eigenvalue weighted by atomic mass is 9.97. The summed E-state index contributed by atoms with van der Waals surface area (Å²) in [5.74, 6) is -1.73. The van der Waals surface area contributed by atoms with Gasteiger partial charge in [0, 0.05) is 5.69 Å². The molecule has 144 valence electrons. The maximum absolute atomic E-state index is 13.2. The first-order valence-corrected chi connectivity index (χ1v) is 9.23. The van der Waals surface area contributed by atoms with Crippen molar-refractivity contribution < 1.29 is 18.7 Å². The lowest BCUT2D eigenvalue weighted by Gasteiger charge is -2.11. The van der Waals surface area contributed by atoms with E-state index in [1.54, 1.807) is 0 Å². The third kappa shape index (κ3) is 3.91. The summed E-state index contributed by atoms with van der Waals surface area (Å²) in [6, 6.07) is 20.8. The number of halogens is 2. The highest BCUT2D eigenvalue weighted by Crippen LogP contribution is 2.29. The number of hydrogen-bond donors (Lipinski definition) is 1. The van der Waals surface area contributed by atoms with E-state index in [9.17, 15) is 14.0 Å². The quantitative estimate of drug-likeness (QED) is 0.355. The smallest absolute Gasteiger partial charge is 0.339 e. The van der Waals surface area contributed by atoms with Gasteiger partial charge in [-0.15, -0.1) is 0 Å². The minimum absolute atomic E-state index is 0.109. The molecule has 4 rings (SSSR count).